The topological polar surface area (TPSA) is 87.1 Å². The van der Waals surface area contributed by atoms with Gasteiger partial charge in [0.25, 0.3) is 0 Å². The number of nitrogens with zero attached hydrogens (tertiary/aromatic N) is 1. The molecule has 2 N–H and O–H groups in total. The lowest BCUT2D eigenvalue weighted by atomic mass is 9.93. The van der Waals surface area contributed by atoms with E-state index in [0.717, 1.165) is 4.90 Å². The van der Waals surface area contributed by atoms with Crippen molar-refractivity contribution >= 4 is 11.7 Å². The minimum absolute atomic E-state index is 0.302. The van der Waals surface area contributed by atoms with Gasteiger partial charge in [-0.3, -0.25) is 14.5 Å². The van der Waals surface area contributed by atoms with E-state index in [9.17, 15) is 19.8 Å². The summed E-state index contributed by atoms with van der Waals surface area (Å²) in [6.45, 7) is 1.77. The Hall–Kier alpha value is -1.68. The highest BCUT2D eigenvalue weighted by Crippen LogP contribution is 2.35. The van der Waals surface area contributed by atoms with Crippen LogP contribution < -0.4 is 0 Å². The van der Waals surface area contributed by atoms with Crippen LogP contribution in [0.4, 0.5) is 0 Å². The number of aliphatic hydroxyl groups is 2. The second kappa shape index (κ2) is 4.78. The molecule has 0 aromatic heterocycles. The predicted molar refractivity (Wildman–Crippen MR) is 64.4 cm³/mol. The van der Waals surface area contributed by atoms with Gasteiger partial charge in [-0.05, 0) is 12.5 Å². The van der Waals surface area contributed by atoms with Gasteiger partial charge < -0.3 is 14.9 Å². The summed E-state index contributed by atoms with van der Waals surface area (Å²) in [5.41, 5.74) is -1.99. The van der Waals surface area contributed by atoms with Crippen LogP contribution in [0.25, 0.3) is 0 Å². The van der Waals surface area contributed by atoms with Gasteiger partial charge in [-0.15, -0.1) is 6.42 Å². The third-order valence-electron chi connectivity index (χ3n) is 3.40. The Morgan fingerprint density at radius 2 is 2.32 bits per heavy atom. The molecule has 0 spiro atoms. The number of amides is 1. The Morgan fingerprint density at radius 3 is 2.84 bits per heavy atom. The van der Waals surface area contributed by atoms with E-state index >= 15 is 0 Å². The van der Waals surface area contributed by atoms with Gasteiger partial charge in [0.05, 0.1) is 12.5 Å². The quantitative estimate of drug-likeness (QED) is 0.502. The number of rotatable bonds is 2. The van der Waals surface area contributed by atoms with Gasteiger partial charge in [-0.2, -0.15) is 0 Å². The molecule has 0 unspecified atom stereocenters. The number of aliphatic hydroxyl groups excluding tert-OH is 1. The molecule has 0 aliphatic carbocycles. The molecular weight excluding hydrogens is 250 g/mol. The Labute approximate surface area is 110 Å². The summed E-state index contributed by atoms with van der Waals surface area (Å²) in [6, 6.07) is 0. The molecule has 4 atom stereocenters. The van der Waals surface area contributed by atoms with Gasteiger partial charge in [-0.1, -0.05) is 12.8 Å². The van der Waals surface area contributed by atoms with Crippen LogP contribution in [0.2, 0.25) is 0 Å². The van der Waals surface area contributed by atoms with E-state index in [0.29, 0.717) is 6.42 Å². The fourth-order valence-corrected chi connectivity index (χ4v) is 2.28. The maximum Gasteiger partial charge on any atom is 0.236 e. The third-order valence-corrected chi connectivity index (χ3v) is 3.40. The van der Waals surface area contributed by atoms with Crippen molar-refractivity contribution in [1.82, 2.24) is 4.90 Å². The molecule has 102 valence electrons. The first-order valence-corrected chi connectivity index (χ1v) is 6.00. The standard InChI is InChI=1S/C13H15NO5/c1-3-9-11(17)13(18,4-2)12(19-9)14-6-5-8(15)7-10(14)16/h2,5-6,9,11-12,17-18H,3,7H2,1H3/t9-,11-,12-,13-/m1/s1. The average molecular weight is 265 g/mol. The Bertz CT molecular complexity index is 480. The minimum Gasteiger partial charge on any atom is -0.386 e. The van der Waals surface area contributed by atoms with Crippen molar-refractivity contribution < 1.29 is 24.5 Å². The molecule has 0 aromatic rings. The Morgan fingerprint density at radius 1 is 1.63 bits per heavy atom. The lowest BCUT2D eigenvalue weighted by molar-refractivity contribution is -0.152. The maximum absolute atomic E-state index is 11.8. The van der Waals surface area contributed by atoms with Crippen molar-refractivity contribution in [2.24, 2.45) is 0 Å². The van der Waals surface area contributed by atoms with Gasteiger partial charge >= 0.3 is 0 Å². The lowest BCUT2D eigenvalue weighted by Crippen LogP contribution is -2.55. The SMILES string of the molecule is C#C[C@@]1(O)[C@H](O)[C@@H](CC)O[C@H]1N1C=CC(=O)CC1=O. The summed E-state index contributed by atoms with van der Waals surface area (Å²) in [7, 11) is 0. The normalized spacial score (nSPS) is 38.6. The monoisotopic (exact) mass is 265 g/mol. The van der Waals surface area contributed by atoms with E-state index in [1.807, 2.05) is 0 Å². The van der Waals surface area contributed by atoms with Crippen LogP contribution >= 0.6 is 0 Å². The van der Waals surface area contributed by atoms with Crippen LogP contribution in [0.3, 0.4) is 0 Å². The number of allylic oxidation sites excluding steroid dienone is 1. The highest BCUT2D eigenvalue weighted by Gasteiger charge is 2.57. The highest BCUT2D eigenvalue weighted by molar-refractivity contribution is 6.06. The highest BCUT2D eigenvalue weighted by atomic mass is 16.6. The Kier molecular flexibility index (Phi) is 3.45. The summed E-state index contributed by atoms with van der Waals surface area (Å²) in [5, 5.41) is 20.3. The third kappa shape index (κ3) is 2.06. The van der Waals surface area contributed by atoms with Crippen LogP contribution in [0, 0.1) is 12.3 Å². The van der Waals surface area contributed by atoms with E-state index in [1.54, 1.807) is 6.92 Å². The molecular formula is C13H15NO5. The molecule has 2 aliphatic heterocycles. The number of carbonyl (C=O) groups is 2. The van der Waals surface area contributed by atoms with Crippen molar-refractivity contribution in [3.63, 3.8) is 0 Å². The smallest absolute Gasteiger partial charge is 0.236 e. The fourth-order valence-electron chi connectivity index (χ4n) is 2.28. The molecule has 0 radical (unpaired) electrons. The summed E-state index contributed by atoms with van der Waals surface area (Å²) in [4.78, 5) is 24.0. The number of carbonyl (C=O) groups excluding carboxylic acids is 2. The summed E-state index contributed by atoms with van der Waals surface area (Å²) in [6.07, 6.45) is 4.72. The van der Waals surface area contributed by atoms with Crippen molar-refractivity contribution in [3.8, 4) is 12.3 Å². The van der Waals surface area contributed by atoms with E-state index in [1.165, 1.54) is 12.3 Å². The summed E-state index contributed by atoms with van der Waals surface area (Å²) >= 11 is 0. The van der Waals surface area contributed by atoms with Crippen molar-refractivity contribution in [2.75, 3.05) is 0 Å². The number of terminal acetylenes is 1. The van der Waals surface area contributed by atoms with Crippen molar-refractivity contribution in [1.29, 1.82) is 0 Å². The minimum atomic E-state index is -1.99. The van der Waals surface area contributed by atoms with E-state index in [4.69, 9.17) is 11.2 Å². The lowest BCUT2D eigenvalue weighted by Gasteiger charge is -2.33. The number of ketones is 1. The zero-order valence-corrected chi connectivity index (χ0v) is 10.4. The largest absolute Gasteiger partial charge is 0.386 e. The van der Waals surface area contributed by atoms with Crippen LogP contribution in [-0.2, 0) is 14.3 Å². The van der Waals surface area contributed by atoms with Crippen LogP contribution in [0.15, 0.2) is 12.3 Å². The molecule has 2 rings (SSSR count). The van der Waals surface area contributed by atoms with Crippen LogP contribution in [0.5, 0.6) is 0 Å². The van der Waals surface area contributed by atoms with Crippen LogP contribution in [0.1, 0.15) is 19.8 Å². The molecule has 0 bridgehead atoms. The fraction of sp³-hybridized carbons (Fsp3) is 0.538. The molecule has 6 nitrogen and oxygen atoms in total. The molecule has 1 saturated heterocycles. The van der Waals surface area contributed by atoms with Gasteiger partial charge in [0.1, 0.15) is 6.10 Å². The van der Waals surface area contributed by atoms with Crippen molar-refractivity contribution in [2.45, 2.75) is 43.8 Å². The van der Waals surface area contributed by atoms with E-state index in [-0.39, 0.29) is 12.2 Å². The van der Waals surface area contributed by atoms with Gasteiger partial charge in [0.2, 0.25) is 5.91 Å². The first-order valence-electron chi connectivity index (χ1n) is 6.00. The summed E-state index contributed by atoms with van der Waals surface area (Å²) in [5.74, 6) is 1.26. The first kappa shape index (κ1) is 13.7. The molecule has 0 aromatic carbocycles. The number of hydrogen-bond donors (Lipinski definition) is 2. The molecule has 19 heavy (non-hydrogen) atoms. The van der Waals surface area contributed by atoms with Crippen molar-refractivity contribution in [3.05, 3.63) is 12.3 Å². The molecule has 2 heterocycles. The predicted octanol–water partition coefficient (Wildman–Crippen LogP) is -0.838. The zero-order valence-electron chi connectivity index (χ0n) is 10.4. The second-order valence-electron chi connectivity index (χ2n) is 4.61. The maximum atomic E-state index is 11.8. The average Bonchev–Trinajstić information content (AvgIpc) is 2.63. The molecule has 0 saturated carbocycles. The van der Waals surface area contributed by atoms with Gasteiger partial charge in [0, 0.05) is 6.20 Å². The molecule has 6 heteroatoms. The van der Waals surface area contributed by atoms with Gasteiger partial charge in [-0.25, -0.2) is 0 Å². The second-order valence-corrected chi connectivity index (χ2v) is 4.61. The summed E-state index contributed by atoms with van der Waals surface area (Å²) < 4.78 is 5.47. The first-order chi connectivity index (χ1) is 8.93. The Balaban J connectivity index is 2.34. The van der Waals surface area contributed by atoms with E-state index < -0.39 is 29.9 Å². The molecule has 1 fully saturated rings. The number of ether oxygens (including phenoxy) is 1. The van der Waals surface area contributed by atoms with Crippen LogP contribution in [-0.4, -0.2) is 50.8 Å². The molecule has 1 amide bonds. The van der Waals surface area contributed by atoms with Gasteiger partial charge in [0.15, 0.2) is 17.6 Å². The zero-order chi connectivity index (χ0) is 14.2. The molecule has 2 aliphatic rings. The van der Waals surface area contributed by atoms with E-state index in [2.05, 4.69) is 5.92 Å². The number of hydrogen-bond acceptors (Lipinski definition) is 5.